The Morgan fingerprint density at radius 1 is 1.15 bits per heavy atom. The second kappa shape index (κ2) is 12.0. The Hall–Kier alpha value is -2.54. The average molecular weight is 374 g/mol. The zero-order valence-electron chi connectivity index (χ0n) is 16.6. The van der Waals surface area contributed by atoms with E-state index >= 15 is 0 Å². The van der Waals surface area contributed by atoms with Crippen molar-refractivity contribution in [1.82, 2.24) is 20.4 Å². The molecule has 7 nitrogen and oxygen atoms in total. The highest BCUT2D eigenvalue weighted by atomic mass is 16.5. The molecule has 0 aliphatic rings. The number of hydrogen-bond donors (Lipinski definition) is 2. The molecule has 1 heterocycles. The predicted octanol–water partition coefficient (Wildman–Crippen LogP) is 2.13. The van der Waals surface area contributed by atoms with Crippen molar-refractivity contribution >= 4 is 5.96 Å². The van der Waals surface area contributed by atoms with Gasteiger partial charge in [-0.25, -0.2) is 4.99 Å². The van der Waals surface area contributed by atoms with Crippen molar-refractivity contribution in [3.8, 4) is 5.75 Å². The van der Waals surface area contributed by atoms with E-state index in [2.05, 4.69) is 15.7 Å². The third-order valence-electron chi connectivity index (χ3n) is 4.14. The second-order valence-corrected chi connectivity index (χ2v) is 6.11. The SMILES string of the molecule is CCOCCCNC(=NCc1ccc(OC)cc1)NCCc1ccnn1C. The van der Waals surface area contributed by atoms with Gasteiger partial charge in [0, 0.05) is 51.7 Å². The maximum atomic E-state index is 5.39. The summed E-state index contributed by atoms with van der Waals surface area (Å²) in [6.07, 6.45) is 3.65. The van der Waals surface area contributed by atoms with Crippen molar-refractivity contribution in [2.75, 3.05) is 33.4 Å². The number of aromatic nitrogens is 2. The molecule has 0 fully saturated rings. The van der Waals surface area contributed by atoms with Gasteiger partial charge in [-0.15, -0.1) is 0 Å². The van der Waals surface area contributed by atoms with Crippen molar-refractivity contribution in [3.63, 3.8) is 0 Å². The van der Waals surface area contributed by atoms with Crippen LogP contribution in [0.5, 0.6) is 5.75 Å². The van der Waals surface area contributed by atoms with Crippen LogP contribution in [0.4, 0.5) is 0 Å². The summed E-state index contributed by atoms with van der Waals surface area (Å²) in [5.41, 5.74) is 2.33. The Bertz CT molecular complexity index is 682. The minimum atomic E-state index is 0.608. The van der Waals surface area contributed by atoms with Crippen LogP contribution in [0.3, 0.4) is 0 Å². The third kappa shape index (κ3) is 7.70. The highest BCUT2D eigenvalue weighted by Crippen LogP contribution is 2.11. The van der Waals surface area contributed by atoms with Gasteiger partial charge >= 0.3 is 0 Å². The van der Waals surface area contributed by atoms with Gasteiger partial charge in [0.1, 0.15) is 5.75 Å². The summed E-state index contributed by atoms with van der Waals surface area (Å²) in [5.74, 6) is 1.66. The number of guanidine groups is 1. The number of hydrogen-bond acceptors (Lipinski definition) is 4. The van der Waals surface area contributed by atoms with E-state index in [1.807, 2.05) is 55.2 Å². The van der Waals surface area contributed by atoms with E-state index in [-0.39, 0.29) is 0 Å². The highest BCUT2D eigenvalue weighted by Gasteiger charge is 2.02. The number of nitrogens with one attached hydrogen (secondary N) is 2. The average Bonchev–Trinajstić information content (AvgIpc) is 3.10. The van der Waals surface area contributed by atoms with E-state index in [4.69, 9.17) is 14.5 Å². The Morgan fingerprint density at radius 3 is 2.59 bits per heavy atom. The quantitative estimate of drug-likeness (QED) is 0.359. The lowest BCUT2D eigenvalue weighted by molar-refractivity contribution is 0.145. The molecular weight excluding hydrogens is 342 g/mol. The smallest absolute Gasteiger partial charge is 0.191 e. The number of methoxy groups -OCH3 is 1. The Balaban J connectivity index is 1.87. The zero-order valence-corrected chi connectivity index (χ0v) is 16.6. The van der Waals surface area contributed by atoms with Crippen LogP contribution < -0.4 is 15.4 Å². The van der Waals surface area contributed by atoms with E-state index in [0.717, 1.165) is 56.4 Å². The van der Waals surface area contributed by atoms with E-state index in [0.29, 0.717) is 6.54 Å². The monoisotopic (exact) mass is 373 g/mol. The van der Waals surface area contributed by atoms with Crippen molar-refractivity contribution in [2.45, 2.75) is 26.3 Å². The normalized spacial score (nSPS) is 11.4. The summed E-state index contributed by atoms with van der Waals surface area (Å²) in [4.78, 5) is 4.70. The van der Waals surface area contributed by atoms with Crippen LogP contribution in [-0.2, 0) is 24.8 Å². The molecule has 0 spiro atoms. The molecule has 0 atom stereocenters. The standard InChI is InChI=1S/C20H31N5O2/c1-4-27-15-5-12-21-20(22-13-10-18-11-14-24-25(18)2)23-16-17-6-8-19(26-3)9-7-17/h6-9,11,14H,4-5,10,12-13,15-16H2,1-3H3,(H2,21,22,23). The number of aliphatic imine (C=N–C) groups is 1. The van der Waals surface area contributed by atoms with Gasteiger partial charge in [-0.3, -0.25) is 4.68 Å². The molecule has 148 valence electrons. The summed E-state index contributed by atoms with van der Waals surface area (Å²) in [7, 11) is 3.63. The van der Waals surface area contributed by atoms with Gasteiger partial charge in [0.2, 0.25) is 0 Å². The summed E-state index contributed by atoms with van der Waals surface area (Å²) in [6, 6.07) is 10.0. The van der Waals surface area contributed by atoms with Crippen LogP contribution in [0.2, 0.25) is 0 Å². The maximum Gasteiger partial charge on any atom is 0.191 e. The van der Waals surface area contributed by atoms with Crippen molar-refractivity contribution < 1.29 is 9.47 Å². The molecule has 0 aliphatic carbocycles. The predicted molar refractivity (Wildman–Crippen MR) is 108 cm³/mol. The van der Waals surface area contributed by atoms with E-state index in [9.17, 15) is 0 Å². The number of ether oxygens (including phenoxy) is 2. The third-order valence-corrected chi connectivity index (χ3v) is 4.14. The zero-order chi connectivity index (χ0) is 19.3. The van der Waals surface area contributed by atoms with Gasteiger partial charge in [-0.05, 0) is 37.1 Å². The van der Waals surface area contributed by atoms with Crippen molar-refractivity contribution in [2.24, 2.45) is 12.0 Å². The van der Waals surface area contributed by atoms with Gasteiger partial charge in [0.05, 0.1) is 13.7 Å². The van der Waals surface area contributed by atoms with Crippen LogP contribution in [0.15, 0.2) is 41.5 Å². The molecule has 2 aromatic rings. The Kier molecular flexibility index (Phi) is 9.20. The molecule has 0 bridgehead atoms. The topological polar surface area (TPSA) is 72.7 Å². The lowest BCUT2D eigenvalue weighted by Gasteiger charge is -2.13. The summed E-state index contributed by atoms with van der Waals surface area (Å²) in [6.45, 7) is 5.73. The van der Waals surface area contributed by atoms with Crippen LogP contribution in [0, 0.1) is 0 Å². The van der Waals surface area contributed by atoms with E-state index in [1.54, 1.807) is 7.11 Å². The molecule has 0 aliphatic heterocycles. The molecule has 0 amide bonds. The first-order valence-electron chi connectivity index (χ1n) is 9.42. The van der Waals surface area contributed by atoms with Crippen LogP contribution in [-0.4, -0.2) is 49.2 Å². The number of nitrogens with zero attached hydrogens (tertiary/aromatic N) is 3. The van der Waals surface area contributed by atoms with Gasteiger partial charge in [0.15, 0.2) is 5.96 Å². The number of aryl methyl sites for hydroxylation is 1. The highest BCUT2D eigenvalue weighted by molar-refractivity contribution is 5.79. The molecule has 2 N–H and O–H groups in total. The molecule has 27 heavy (non-hydrogen) atoms. The first-order valence-corrected chi connectivity index (χ1v) is 9.42. The van der Waals surface area contributed by atoms with Crippen LogP contribution in [0.25, 0.3) is 0 Å². The first-order chi connectivity index (χ1) is 13.2. The summed E-state index contributed by atoms with van der Waals surface area (Å²) < 4.78 is 12.5. The molecule has 2 rings (SSSR count). The lowest BCUT2D eigenvalue weighted by atomic mass is 10.2. The van der Waals surface area contributed by atoms with Crippen molar-refractivity contribution in [3.05, 3.63) is 47.8 Å². The molecule has 7 heteroatoms. The Morgan fingerprint density at radius 2 is 1.93 bits per heavy atom. The summed E-state index contributed by atoms with van der Waals surface area (Å²) >= 11 is 0. The molecular formula is C20H31N5O2. The van der Waals surface area contributed by atoms with Crippen LogP contribution in [0.1, 0.15) is 24.6 Å². The fourth-order valence-corrected chi connectivity index (χ4v) is 2.56. The van der Waals surface area contributed by atoms with Crippen molar-refractivity contribution in [1.29, 1.82) is 0 Å². The summed E-state index contributed by atoms with van der Waals surface area (Å²) in [5, 5.41) is 11.0. The molecule has 0 radical (unpaired) electrons. The van der Waals surface area contributed by atoms with E-state index < -0.39 is 0 Å². The molecule has 0 saturated carbocycles. The minimum Gasteiger partial charge on any atom is -0.497 e. The van der Waals surface area contributed by atoms with Crippen LogP contribution >= 0.6 is 0 Å². The Labute approximate surface area is 161 Å². The van der Waals surface area contributed by atoms with Gasteiger partial charge in [-0.2, -0.15) is 5.10 Å². The van der Waals surface area contributed by atoms with Gasteiger partial charge < -0.3 is 20.1 Å². The van der Waals surface area contributed by atoms with Gasteiger partial charge in [-0.1, -0.05) is 12.1 Å². The molecule has 0 unspecified atom stereocenters. The fourth-order valence-electron chi connectivity index (χ4n) is 2.56. The maximum absolute atomic E-state index is 5.39. The molecule has 1 aromatic carbocycles. The largest absolute Gasteiger partial charge is 0.497 e. The minimum absolute atomic E-state index is 0.608. The second-order valence-electron chi connectivity index (χ2n) is 6.11. The lowest BCUT2D eigenvalue weighted by Crippen LogP contribution is -2.39. The fraction of sp³-hybridized carbons (Fsp3) is 0.500. The molecule has 1 aromatic heterocycles. The van der Waals surface area contributed by atoms with Gasteiger partial charge in [0.25, 0.3) is 0 Å². The van der Waals surface area contributed by atoms with E-state index in [1.165, 1.54) is 5.69 Å². The first kappa shape index (κ1) is 20.8. The number of benzene rings is 1. The number of rotatable bonds is 11. The molecule has 0 saturated heterocycles.